The van der Waals surface area contributed by atoms with E-state index in [0.29, 0.717) is 13.0 Å². The molecule has 19 heavy (non-hydrogen) atoms. The van der Waals surface area contributed by atoms with Gasteiger partial charge in [0.25, 0.3) is 0 Å². The molecule has 1 amide bonds. The van der Waals surface area contributed by atoms with Crippen molar-refractivity contribution in [3.05, 3.63) is 34.9 Å². The van der Waals surface area contributed by atoms with Crippen LogP contribution >= 0.6 is 11.6 Å². The second-order valence-electron chi connectivity index (χ2n) is 5.37. The van der Waals surface area contributed by atoms with E-state index >= 15 is 0 Å². The molecule has 0 radical (unpaired) electrons. The molecule has 0 fully saturated rings. The molecule has 3 nitrogen and oxygen atoms in total. The fraction of sp³-hybridized carbons (Fsp3) is 0.533. The zero-order valence-corrected chi connectivity index (χ0v) is 12.7. The van der Waals surface area contributed by atoms with Crippen LogP contribution in [-0.4, -0.2) is 26.0 Å². The van der Waals surface area contributed by atoms with Crippen LogP contribution in [0.2, 0.25) is 5.02 Å². The smallest absolute Gasteiger partial charge is 0.220 e. The summed E-state index contributed by atoms with van der Waals surface area (Å²) >= 11 is 5.88. The number of carbonyl (C=O) groups is 1. The van der Waals surface area contributed by atoms with Crippen molar-refractivity contribution in [2.75, 3.05) is 20.1 Å². The lowest BCUT2D eigenvalue weighted by molar-refractivity contribution is -0.121. The summed E-state index contributed by atoms with van der Waals surface area (Å²) in [6, 6.07) is 7.78. The first kappa shape index (κ1) is 16.0. The number of halogens is 1. The van der Waals surface area contributed by atoms with Crippen LogP contribution < -0.4 is 10.6 Å². The van der Waals surface area contributed by atoms with Crippen LogP contribution in [0.1, 0.15) is 32.3 Å². The predicted molar refractivity (Wildman–Crippen MR) is 80.6 cm³/mol. The Hall–Kier alpha value is -1.06. The van der Waals surface area contributed by atoms with Gasteiger partial charge >= 0.3 is 0 Å². The van der Waals surface area contributed by atoms with Crippen molar-refractivity contribution in [3.8, 4) is 0 Å². The molecule has 2 N–H and O–H groups in total. The van der Waals surface area contributed by atoms with Gasteiger partial charge in [-0.3, -0.25) is 4.79 Å². The molecule has 0 heterocycles. The van der Waals surface area contributed by atoms with Gasteiger partial charge in [0, 0.05) is 23.4 Å². The maximum atomic E-state index is 11.7. The van der Waals surface area contributed by atoms with Gasteiger partial charge in [-0.2, -0.15) is 0 Å². The van der Waals surface area contributed by atoms with E-state index in [4.69, 9.17) is 11.6 Å². The van der Waals surface area contributed by atoms with Gasteiger partial charge < -0.3 is 10.6 Å². The minimum Gasteiger partial charge on any atom is -0.355 e. The summed E-state index contributed by atoms with van der Waals surface area (Å²) in [5.41, 5.74) is 1.08. The zero-order valence-electron chi connectivity index (χ0n) is 11.9. The molecule has 1 rings (SSSR count). The van der Waals surface area contributed by atoms with Gasteiger partial charge in [-0.1, -0.05) is 37.6 Å². The Balaban J connectivity index is 2.46. The van der Waals surface area contributed by atoms with Crippen LogP contribution in [-0.2, 0) is 10.2 Å². The molecule has 106 valence electrons. The fourth-order valence-electron chi connectivity index (χ4n) is 1.84. The molecule has 1 aromatic carbocycles. The van der Waals surface area contributed by atoms with E-state index in [1.54, 1.807) is 0 Å². The van der Waals surface area contributed by atoms with Crippen LogP contribution in [0.4, 0.5) is 0 Å². The number of hydrogen-bond acceptors (Lipinski definition) is 2. The average Bonchev–Trinajstić information content (AvgIpc) is 2.37. The Bertz CT molecular complexity index is 401. The van der Waals surface area contributed by atoms with E-state index in [-0.39, 0.29) is 11.3 Å². The molecule has 1 aromatic rings. The van der Waals surface area contributed by atoms with E-state index in [9.17, 15) is 4.79 Å². The van der Waals surface area contributed by atoms with E-state index < -0.39 is 0 Å². The zero-order chi connectivity index (χ0) is 14.3. The molecule has 0 unspecified atom stereocenters. The van der Waals surface area contributed by atoms with Gasteiger partial charge in [-0.05, 0) is 37.7 Å². The van der Waals surface area contributed by atoms with Crippen molar-refractivity contribution >= 4 is 17.5 Å². The van der Waals surface area contributed by atoms with E-state index in [0.717, 1.165) is 18.0 Å². The van der Waals surface area contributed by atoms with Crippen LogP contribution in [0.3, 0.4) is 0 Å². The van der Waals surface area contributed by atoms with Crippen LogP contribution in [0.25, 0.3) is 0 Å². The molecule has 0 aliphatic carbocycles. The number of carbonyl (C=O) groups excluding carboxylic acids is 1. The maximum Gasteiger partial charge on any atom is 0.220 e. The monoisotopic (exact) mass is 282 g/mol. The van der Waals surface area contributed by atoms with E-state index in [1.165, 1.54) is 5.56 Å². The molecule has 0 spiro atoms. The van der Waals surface area contributed by atoms with Crippen LogP contribution in [0.15, 0.2) is 24.3 Å². The quantitative estimate of drug-likeness (QED) is 0.755. The third-order valence-corrected chi connectivity index (χ3v) is 3.44. The van der Waals surface area contributed by atoms with Gasteiger partial charge in [-0.15, -0.1) is 0 Å². The van der Waals surface area contributed by atoms with Crippen molar-refractivity contribution < 1.29 is 4.79 Å². The number of amides is 1. The molecule has 0 atom stereocenters. The van der Waals surface area contributed by atoms with E-state index in [2.05, 4.69) is 24.5 Å². The molecule has 0 saturated carbocycles. The highest BCUT2D eigenvalue weighted by Gasteiger charge is 2.21. The van der Waals surface area contributed by atoms with Gasteiger partial charge in [-0.25, -0.2) is 0 Å². The fourth-order valence-corrected chi connectivity index (χ4v) is 1.96. The third-order valence-electron chi connectivity index (χ3n) is 3.18. The second kappa shape index (κ2) is 7.51. The van der Waals surface area contributed by atoms with Gasteiger partial charge in [0.15, 0.2) is 0 Å². The summed E-state index contributed by atoms with van der Waals surface area (Å²) in [5.74, 6) is 0.109. The molecule has 0 saturated heterocycles. The average molecular weight is 283 g/mol. The maximum absolute atomic E-state index is 11.7. The normalized spacial score (nSPS) is 11.4. The summed E-state index contributed by atoms with van der Waals surface area (Å²) in [7, 11) is 1.89. The number of rotatable bonds is 7. The van der Waals surface area contributed by atoms with Crippen molar-refractivity contribution in [3.63, 3.8) is 0 Å². The number of benzene rings is 1. The third kappa shape index (κ3) is 5.62. The largest absolute Gasteiger partial charge is 0.355 e. The Labute approximate surface area is 120 Å². The molecule has 0 bridgehead atoms. The lowest BCUT2D eigenvalue weighted by Crippen LogP contribution is -2.36. The number of hydrogen-bond donors (Lipinski definition) is 2. The van der Waals surface area contributed by atoms with Crippen LogP contribution in [0, 0.1) is 0 Å². The summed E-state index contributed by atoms with van der Waals surface area (Å²) in [6.07, 6.45) is 1.43. The van der Waals surface area contributed by atoms with Crippen molar-refractivity contribution in [1.82, 2.24) is 10.6 Å². The lowest BCUT2D eigenvalue weighted by atomic mass is 9.84. The molecule has 0 aliphatic heterocycles. The minimum atomic E-state index is -0.0940. The Kier molecular flexibility index (Phi) is 6.32. The first-order valence-electron chi connectivity index (χ1n) is 6.63. The van der Waals surface area contributed by atoms with E-state index in [1.807, 2.05) is 31.3 Å². The van der Waals surface area contributed by atoms with Gasteiger partial charge in [0.05, 0.1) is 0 Å². The minimum absolute atomic E-state index is 0.0940. The highest BCUT2D eigenvalue weighted by Crippen LogP contribution is 2.23. The topological polar surface area (TPSA) is 41.1 Å². The molecule has 0 aliphatic rings. The molecular weight excluding hydrogens is 260 g/mol. The lowest BCUT2D eigenvalue weighted by Gasteiger charge is -2.25. The highest BCUT2D eigenvalue weighted by molar-refractivity contribution is 6.30. The standard InChI is InChI=1S/C15H23ClN2O/c1-15(2,12-6-8-13(16)9-7-12)11-18-14(19)5-4-10-17-3/h6-9,17H,4-5,10-11H2,1-3H3,(H,18,19). The first-order chi connectivity index (χ1) is 8.95. The second-order valence-corrected chi connectivity index (χ2v) is 5.81. The van der Waals surface area contributed by atoms with Crippen molar-refractivity contribution in [2.24, 2.45) is 0 Å². The summed E-state index contributed by atoms with van der Waals surface area (Å²) < 4.78 is 0. The SMILES string of the molecule is CNCCCC(=O)NCC(C)(C)c1ccc(Cl)cc1. The Morgan fingerprint density at radius 1 is 1.26 bits per heavy atom. The summed E-state index contributed by atoms with van der Waals surface area (Å²) in [6.45, 7) is 5.73. The van der Waals surface area contributed by atoms with Gasteiger partial charge in [0.2, 0.25) is 5.91 Å². The molecule has 4 heteroatoms. The summed E-state index contributed by atoms with van der Waals surface area (Å²) in [5, 5.41) is 6.76. The first-order valence-corrected chi connectivity index (χ1v) is 7.01. The van der Waals surface area contributed by atoms with Crippen LogP contribution in [0.5, 0.6) is 0 Å². The predicted octanol–water partition coefficient (Wildman–Crippen LogP) is 2.73. The van der Waals surface area contributed by atoms with Crippen molar-refractivity contribution in [2.45, 2.75) is 32.1 Å². The molecule has 0 aromatic heterocycles. The Morgan fingerprint density at radius 2 is 1.89 bits per heavy atom. The van der Waals surface area contributed by atoms with Gasteiger partial charge in [0.1, 0.15) is 0 Å². The van der Waals surface area contributed by atoms with Crippen molar-refractivity contribution in [1.29, 1.82) is 0 Å². The highest BCUT2D eigenvalue weighted by atomic mass is 35.5. The Morgan fingerprint density at radius 3 is 2.47 bits per heavy atom. The summed E-state index contributed by atoms with van der Waals surface area (Å²) in [4.78, 5) is 11.7. The molecular formula is C15H23ClN2O. The number of nitrogens with one attached hydrogen (secondary N) is 2.